The van der Waals surface area contributed by atoms with Crippen LogP contribution in [0.25, 0.3) is 0 Å². The van der Waals surface area contributed by atoms with E-state index in [4.69, 9.17) is 9.47 Å². The van der Waals surface area contributed by atoms with Crippen molar-refractivity contribution < 1.29 is 14.3 Å². The van der Waals surface area contributed by atoms with Crippen molar-refractivity contribution in [1.82, 2.24) is 14.7 Å². The van der Waals surface area contributed by atoms with Gasteiger partial charge in [-0.15, -0.1) is 0 Å². The number of fused-ring (bicyclic) bond motifs is 2. The molecule has 1 aromatic heterocycles. The Hall–Kier alpha value is -2.34. The normalized spacial score (nSPS) is 16.9. The summed E-state index contributed by atoms with van der Waals surface area (Å²) in [5.74, 6) is 0.649. The summed E-state index contributed by atoms with van der Waals surface area (Å²) in [7, 11) is 1.39. The second kappa shape index (κ2) is 6.28. The van der Waals surface area contributed by atoms with Crippen molar-refractivity contribution in [3.63, 3.8) is 0 Å². The van der Waals surface area contributed by atoms with Gasteiger partial charge in [0.25, 0.3) is 0 Å². The highest BCUT2D eigenvalue weighted by molar-refractivity contribution is 5.87. The molecule has 0 atom stereocenters. The largest absolute Gasteiger partial charge is 0.493 e. The molecule has 0 bridgehead atoms. The van der Waals surface area contributed by atoms with Crippen molar-refractivity contribution in [1.29, 1.82) is 0 Å². The number of hydrogen-bond donors (Lipinski definition) is 0. The molecule has 0 amide bonds. The van der Waals surface area contributed by atoms with E-state index in [2.05, 4.69) is 28.2 Å². The molecule has 0 unspecified atom stereocenters. The Morgan fingerprint density at radius 1 is 1.33 bits per heavy atom. The number of aromatic nitrogens is 2. The van der Waals surface area contributed by atoms with Crippen molar-refractivity contribution in [3.05, 3.63) is 46.8 Å². The van der Waals surface area contributed by atoms with E-state index >= 15 is 0 Å². The van der Waals surface area contributed by atoms with E-state index in [1.807, 2.05) is 10.7 Å². The molecule has 6 heteroatoms. The maximum Gasteiger partial charge on any atom is 0.358 e. The number of rotatable bonds is 3. The molecule has 0 aliphatic carbocycles. The Morgan fingerprint density at radius 2 is 2.25 bits per heavy atom. The second-order valence-corrected chi connectivity index (χ2v) is 6.34. The predicted molar refractivity (Wildman–Crippen MR) is 87.9 cm³/mol. The summed E-state index contributed by atoms with van der Waals surface area (Å²) >= 11 is 0. The minimum absolute atomic E-state index is 0.374. The highest BCUT2D eigenvalue weighted by atomic mass is 16.5. The lowest BCUT2D eigenvalue weighted by molar-refractivity contribution is 0.0593. The highest BCUT2D eigenvalue weighted by Gasteiger charge is 2.20. The highest BCUT2D eigenvalue weighted by Crippen LogP contribution is 2.27. The number of nitrogens with zero attached hydrogens (tertiary/aromatic N) is 3. The summed E-state index contributed by atoms with van der Waals surface area (Å²) in [5.41, 5.74) is 4.07. The van der Waals surface area contributed by atoms with Crippen LogP contribution in [0.15, 0.2) is 24.3 Å². The first kappa shape index (κ1) is 15.2. The van der Waals surface area contributed by atoms with Crippen LogP contribution in [0, 0.1) is 0 Å². The molecule has 24 heavy (non-hydrogen) atoms. The summed E-state index contributed by atoms with van der Waals surface area (Å²) in [5, 5.41) is 4.37. The lowest BCUT2D eigenvalue weighted by Crippen LogP contribution is -2.22. The summed E-state index contributed by atoms with van der Waals surface area (Å²) in [6.07, 6.45) is 2.02. The van der Waals surface area contributed by atoms with Crippen LogP contribution in [0.3, 0.4) is 0 Å². The van der Waals surface area contributed by atoms with Gasteiger partial charge in [0.2, 0.25) is 0 Å². The van der Waals surface area contributed by atoms with Crippen molar-refractivity contribution >= 4 is 5.97 Å². The van der Waals surface area contributed by atoms with Crippen LogP contribution in [0.4, 0.5) is 0 Å². The number of carbonyl (C=O) groups is 1. The van der Waals surface area contributed by atoms with Crippen molar-refractivity contribution in [3.8, 4) is 5.75 Å². The van der Waals surface area contributed by atoms with Crippen molar-refractivity contribution in [2.75, 3.05) is 20.3 Å². The molecule has 0 N–H and O–H groups in total. The van der Waals surface area contributed by atoms with Gasteiger partial charge in [-0.05, 0) is 29.7 Å². The molecule has 0 spiro atoms. The standard InChI is InChI=1S/C18H21N3O3/c1-23-18(22)16-10-15-12-20(6-2-7-21(15)19-16)11-13-3-4-17-14(9-13)5-8-24-17/h3-4,9-10H,2,5-8,11-12H2,1H3. The molecule has 0 fully saturated rings. The van der Waals surface area contributed by atoms with Gasteiger partial charge in [0.1, 0.15) is 5.75 Å². The average molecular weight is 327 g/mol. The summed E-state index contributed by atoms with van der Waals surface area (Å²) in [6.45, 7) is 4.33. The average Bonchev–Trinajstić information content (AvgIpc) is 3.17. The Balaban J connectivity index is 1.50. The smallest absolute Gasteiger partial charge is 0.358 e. The monoisotopic (exact) mass is 327 g/mol. The van der Waals surface area contributed by atoms with E-state index in [1.54, 1.807) is 0 Å². The molecule has 6 nitrogen and oxygen atoms in total. The van der Waals surface area contributed by atoms with E-state index < -0.39 is 0 Å². The van der Waals surface area contributed by atoms with Crippen LogP contribution in [0.1, 0.15) is 33.7 Å². The number of methoxy groups -OCH3 is 1. The fraction of sp³-hybridized carbons (Fsp3) is 0.444. The first-order chi connectivity index (χ1) is 11.7. The Morgan fingerprint density at radius 3 is 3.12 bits per heavy atom. The molecule has 126 valence electrons. The zero-order chi connectivity index (χ0) is 16.5. The number of hydrogen-bond acceptors (Lipinski definition) is 5. The molecule has 4 rings (SSSR count). The lowest BCUT2D eigenvalue weighted by Gasteiger charge is -2.19. The molecule has 0 saturated carbocycles. The molecular weight excluding hydrogens is 306 g/mol. The summed E-state index contributed by atoms with van der Waals surface area (Å²) in [4.78, 5) is 14.1. The molecule has 2 aliphatic rings. The predicted octanol–water partition coefficient (Wildman–Crippen LogP) is 2.01. The molecule has 1 aromatic carbocycles. The summed E-state index contributed by atoms with van der Waals surface area (Å²) in [6, 6.07) is 8.33. The third kappa shape index (κ3) is 2.89. The van der Waals surface area contributed by atoms with E-state index in [-0.39, 0.29) is 5.97 Å². The van der Waals surface area contributed by atoms with Crippen LogP contribution in [0.2, 0.25) is 0 Å². The maximum absolute atomic E-state index is 11.7. The van der Waals surface area contributed by atoms with Gasteiger partial charge in [-0.25, -0.2) is 4.79 Å². The van der Waals surface area contributed by atoms with Crippen LogP contribution in [-0.4, -0.2) is 40.9 Å². The van der Waals surface area contributed by atoms with Gasteiger partial charge in [0.05, 0.1) is 19.4 Å². The van der Waals surface area contributed by atoms with Gasteiger partial charge in [-0.2, -0.15) is 5.10 Å². The van der Waals surface area contributed by atoms with Gasteiger partial charge >= 0.3 is 5.97 Å². The SMILES string of the molecule is COC(=O)c1cc2n(n1)CCCN(Cc1ccc3c(c1)CCO3)C2. The van der Waals surface area contributed by atoms with E-state index in [0.717, 1.165) is 57.1 Å². The summed E-state index contributed by atoms with van der Waals surface area (Å²) < 4.78 is 12.3. The van der Waals surface area contributed by atoms with Gasteiger partial charge < -0.3 is 9.47 Å². The molecular formula is C18H21N3O3. The number of aryl methyl sites for hydroxylation is 1. The molecule has 2 aliphatic heterocycles. The second-order valence-electron chi connectivity index (χ2n) is 6.34. The minimum Gasteiger partial charge on any atom is -0.493 e. The molecule has 0 saturated heterocycles. The Kier molecular flexibility index (Phi) is 3.98. The number of esters is 1. The molecule has 2 aromatic rings. The lowest BCUT2D eigenvalue weighted by atomic mass is 10.1. The van der Waals surface area contributed by atoms with Crippen molar-refractivity contribution in [2.45, 2.75) is 32.5 Å². The topological polar surface area (TPSA) is 56.6 Å². The molecule has 3 heterocycles. The molecule has 0 radical (unpaired) electrons. The van der Waals surface area contributed by atoms with Crippen LogP contribution < -0.4 is 4.74 Å². The fourth-order valence-corrected chi connectivity index (χ4v) is 3.46. The van der Waals surface area contributed by atoms with E-state index in [9.17, 15) is 4.79 Å². The number of carbonyl (C=O) groups excluding carboxylic acids is 1. The zero-order valence-electron chi connectivity index (χ0n) is 13.8. The van der Waals surface area contributed by atoms with Crippen molar-refractivity contribution in [2.24, 2.45) is 0 Å². The first-order valence-corrected chi connectivity index (χ1v) is 8.35. The fourth-order valence-electron chi connectivity index (χ4n) is 3.46. The van der Waals surface area contributed by atoms with E-state index in [0.29, 0.717) is 5.69 Å². The number of ether oxygens (including phenoxy) is 2. The Labute approximate surface area is 141 Å². The first-order valence-electron chi connectivity index (χ1n) is 8.35. The minimum atomic E-state index is -0.374. The third-order valence-corrected chi connectivity index (χ3v) is 4.65. The van der Waals surface area contributed by atoms with E-state index in [1.165, 1.54) is 18.2 Å². The number of benzene rings is 1. The van der Waals surface area contributed by atoms with Gasteiger partial charge in [0, 0.05) is 32.6 Å². The third-order valence-electron chi connectivity index (χ3n) is 4.65. The quantitative estimate of drug-likeness (QED) is 0.807. The van der Waals surface area contributed by atoms with Crippen LogP contribution >= 0.6 is 0 Å². The van der Waals surface area contributed by atoms with Gasteiger partial charge in [-0.1, -0.05) is 12.1 Å². The van der Waals surface area contributed by atoms with Crippen LogP contribution in [0.5, 0.6) is 5.75 Å². The van der Waals surface area contributed by atoms with Crippen LogP contribution in [-0.2, 0) is 30.8 Å². The van der Waals surface area contributed by atoms with Gasteiger partial charge in [-0.3, -0.25) is 9.58 Å². The zero-order valence-corrected chi connectivity index (χ0v) is 13.8. The van der Waals surface area contributed by atoms with Gasteiger partial charge in [0.15, 0.2) is 5.69 Å². The maximum atomic E-state index is 11.7. The Bertz CT molecular complexity index is 769.